The van der Waals surface area contributed by atoms with Gasteiger partial charge in [-0.3, -0.25) is 9.36 Å². The Morgan fingerprint density at radius 1 is 1.44 bits per heavy atom. The van der Waals surface area contributed by atoms with E-state index in [1.807, 2.05) is 18.2 Å². The van der Waals surface area contributed by atoms with Gasteiger partial charge < -0.3 is 10.6 Å². The number of aromatic nitrogens is 2. The van der Waals surface area contributed by atoms with Crippen molar-refractivity contribution in [2.45, 2.75) is 40.9 Å². The Morgan fingerprint density at radius 3 is 2.93 bits per heavy atom. The van der Waals surface area contributed by atoms with Crippen LogP contribution in [0.15, 0.2) is 34.0 Å². The molecule has 0 aliphatic carbocycles. The van der Waals surface area contributed by atoms with E-state index in [4.69, 9.17) is 10.7 Å². The van der Waals surface area contributed by atoms with Crippen molar-refractivity contribution < 1.29 is 0 Å². The summed E-state index contributed by atoms with van der Waals surface area (Å²) in [6.07, 6.45) is 0.880. The Hall–Kier alpha value is -1.82. The van der Waals surface area contributed by atoms with Gasteiger partial charge in [0, 0.05) is 24.4 Å². The first-order chi connectivity index (χ1) is 13.0. The Bertz CT molecular complexity index is 985. The maximum atomic E-state index is 13.4. The van der Waals surface area contributed by atoms with Gasteiger partial charge in [0.2, 0.25) is 5.95 Å². The molecule has 2 N–H and O–H groups in total. The first-order valence-corrected chi connectivity index (χ1v) is 10.7. The van der Waals surface area contributed by atoms with Gasteiger partial charge >= 0.3 is 0 Å². The number of thioether (sulfide) groups is 1. The van der Waals surface area contributed by atoms with E-state index in [1.165, 1.54) is 0 Å². The van der Waals surface area contributed by atoms with Crippen molar-refractivity contribution in [3.05, 3.63) is 51.4 Å². The number of alkyl halides is 1. The lowest BCUT2D eigenvalue weighted by Crippen LogP contribution is -2.35. The second kappa shape index (κ2) is 7.30. The third kappa shape index (κ3) is 3.28. The van der Waals surface area contributed by atoms with Crippen LogP contribution < -0.4 is 16.2 Å². The lowest BCUT2D eigenvalue weighted by Gasteiger charge is -2.23. The molecule has 0 bridgehead atoms. The minimum absolute atomic E-state index is 0.0398. The van der Waals surface area contributed by atoms with E-state index in [-0.39, 0.29) is 21.7 Å². The van der Waals surface area contributed by atoms with E-state index in [1.54, 1.807) is 22.4 Å². The summed E-state index contributed by atoms with van der Waals surface area (Å²) in [5, 5.41) is 9.66. The molecule has 3 unspecified atom stereocenters. The van der Waals surface area contributed by atoms with Crippen LogP contribution in [-0.2, 0) is 6.54 Å². The van der Waals surface area contributed by atoms with Gasteiger partial charge in [-0.25, -0.2) is 4.98 Å². The molecule has 4 rings (SSSR count). The standard InChI is InChI=1S/C19H20BrN5OS/c1-11-15(20)16-17(27-11)18(26)25(9-13-5-3-2-4-12(13)8-21)19(23-16)24-7-6-14(22)10-24/h2-5,11,14-15H,6-7,9-10,22H2,1H3. The molecule has 2 aromatic rings. The highest BCUT2D eigenvalue weighted by atomic mass is 79.9. The first-order valence-electron chi connectivity index (χ1n) is 8.93. The minimum atomic E-state index is -0.0398. The molecule has 6 nitrogen and oxygen atoms in total. The number of nitriles is 1. The average Bonchev–Trinajstić information content (AvgIpc) is 3.22. The lowest BCUT2D eigenvalue weighted by atomic mass is 10.1. The zero-order valence-electron chi connectivity index (χ0n) is 14.9. The third-order valence-corrected chi connectivity index (χ3v) is 7.92. The molecule has 140 valence electrons. The van der Waals surface area contributed by atoms with Crippen molar-refractivity contribution in [2.75, 3.05) is 18.0 Å². The fourth-order valence-electron chi connectivity index (χ4n) is 3.60. The van der Waals surface area contributed by atoms with Crippen molar-refractivity contribution in [1.29, 1.82) is 5.26 Å². The highest BCUT2D eigenvalue weighted by Crippen LogP contribution is 2.46. The number of hydrogen-bond donors (Lipinski definition) is 1. The number of benzene rings is 1. The summed E-state index contributed by atoms with van der Waals surface area (Å²) in [5.74, 6) is 0.651. The molecule has 27 heavy (non-hydrogen) atoms. The summed E-state index contributed by atoms with van der Waals surface area (Å²) >= 11 is 5.25. The van der Waals surface area contributed by atoms with E-state index in [0.29, 0.717) is 29.5 Å². The maximum Gasteiger partial charge on any atom is 0.269 e. The largest absolute Gasteiger partial charge is 0.341 e. The van der Waals surface area contributed by atoms with Crippen LogP contribution >= 0.6 is 27.7 Å². The monoisotopic (exact) mass is 445 g/mol. The van der Waals surface area contributed by atoms with Crippen molar-refractivity contribution in [3.8, 4) is 6.07 Å². The molecular weight excluding hydrogens is 426 g/mol. The molecule has 3 atom stereocenters. The summed E-state index contributed by atoms with van der Waals surface area (Å²) < 4.78 is 1.71. The summed E-state index contributed by atoms with van der Waals surface area (Å²) in [6.45, 7) is 3.88. The molecule has 1 fully saturated rings. The van der Waals surface area contributed by atoms with Crippen LogP contribution in [0, 0.1) is 11.3 Å². The summed E-state index contributed by atoms with van der Waals surface area (Å²) in [4.78, 5) is 21.1. The van der Waals surface area contributed by atoms with Crippen molar-refractivity contribution in [3.63, 3.8) is 0 Å². The molecule has 0 amide bonds. The molecule has 8 heteroatoms. The Labute approximate surface area is 170 Å². The molecule has 1 aromatic carbocycles. The van der Waals surface area contributed by atoms with Crippen LogP contribution in [-0.4, -0.2) is 33.9 Å². The number of hydrogen-bond acceptors (Lipinski definition) is 6. The first kappa shape index (κ1) is 18.5. The van der Waals surface area contributed by atoms with E-state index >= 15 is 0 Å². The van der Waals surface area contributed by atoms with Crippen molar-refractivity contribution in [2.24, 2.45) is 5.73 Å². The average molecular weight is 446 g/mol. The smallest absolute Gasteiger partial charge is 0.269 e. The Balaban J connectivity index is 1.86. The molecule has 1 saturated heterocycles. The topological polar surface area (TPSA) is 87.9 Å². The Kier molecular flexibility index (Phi) is 5.01. The van der Waals surface area contributed by atoms with E-state index < -0.39 is 0 Å². The summed E-state index contributed by atoms with van der Waals surface area (Å²) in [6, 6.07) is 9.69. The third-order valence-electron chi connectivity index (χ3n) is 5.08. The van der Waals surface area contributed by atoms with Crippen LogP contribution in [0.25, 0.3) is 0 Å². The highest BCUT2D eigenvalue weighted by Gasteiger charge is 2.35. The molecule has 0 saturated carbocycles. The zero-order chi connectivity index (χ0) is 19.1. The normalized spacial score (nSPS) is 24.1. The van der Waals surface area contributed by atoms with Gasteiger partial charge in [0.1, 0.15) is 0 Å². The highest BCUT2D eigenvalue weighted by molar-refractivity contribution is 9.09. The van der Waals surface area contributed by atoms with Gasteiger partial charge in [0.15, 0.2) is 0 Å². The number of halogens is 1. The van der Waals surface area contributed by atoms with Crippen LogP contribution in [0.1, 0.15) is 35.0 Å². The minimum Gasteiger partial charge on any atom is -0.341 e. The second-order valence-corrected chi connectivity index (χ2v) is 9.38. The fraction of sp³-hybridized carbons (Fsp3) is 0.421. The molecule has 2 aliphatic heterocycles. The molecule has 0 radical (unpaired) electrons. The molecule has 2 aliphatic rings. The zero-order valence-corrected chi connectivity index (χ0v) is 17.3. The number of fused-ring (bicyclic) bond motifs is 1. The molecular formula is C19H20BrN5OS. The van der Waals surface area contributed by atoms with Crippen molar-refractivity contribution in [1.82, 2.24) is 9.55 Å². The van der Waals surface area contributed by atoms with Crippen LogP contribution in [0.5, 0.6) is 0 Å². The molecule has 0 spiro atoms. The van der Waals surface area contributed by atoms with Gasteiger partial charge in [0.05, 0.1) is 33.6 Å². The van der Waals surface area contributed by atoms with E-state index in [0.717, 1.165) is 24.2 Å². The van der Waals surface area contributed by atoms with Crippen LogP contribution in [0.3, 0.4) is 0 Å². The van der Waals surface area contributed by atoms with E-state index in [9.17, 15) is 10.1 Å². The number of nitrogens with two attached hydrogens (primary N) is 1. The molecule has 3 heterocycles. The van der Waals surface area contributed by atoms with Gasteiger partial charge in [-0.15, -0.1) is 11.8 Å². The number of anilines is 1. The van der Waals surface area contributed by atoms with Gasteiger partial charge in [0.25, 0.3) is 5.56 Å². The maximum absolute atomic E-state index is 13.4. The van der Waals surface area contributed by atoms with Gasteiger partial charge in [-0.2, -0.15) is 5.26 Å². The fourth-order valence-corrected chi connectivity index (χ4v) is 5.53. The Morgan fingerprint density at radius 2 is 2.22 bits per heavy atom. The number of nitrogens with zero attached hydrogens (tertiary/aromatic N) is 4. The predicted octanol–water partition coefficient (Wildman–Crippen LogP) is 2.63. The summed E-state index contributed by atoms with van der Waals surface area (Å²) in [5.41, 5.74) is 8.27. The van der Waals surface area contributed by atoms with Crippen LogP contribution in [0.4, 0.5) is 5.95 Å². The van der Waals surface area contributed by atoms with Gasteiger partial charge in [-0.1, -0.05) is 41.1 Å². The lowest BCUT2D eigenvalue weighted by molar-refractivity contribution is 0.671. The van der Waals surface area contributed by atoms with E-state index in [2.05, 4.69) is 33.8 Å². The molecule has 1 aromatic heterocycles. The number of rotatable bonds is 3. The van der Waals surface area contributed by atoms with Crippen molar-refractivity contribution >= 4 is 33.6 Å². The quantitative estimate of drug-likeness (QED) is 0.730. The van der Waals surface area contributed by atoms with Gasteiger partial charge in [-0.05, 0) is 18.1 Å². The van der Waals surface area contributed by atoms with Crippen LogP contribution in [0.2, 0.25) is 0 Å². The summed E-state index contributed by atoms with van der Waals surface area (Å²) in [7, 11) is 0. The second-order valence-electron chi connectivity index (χ2n) is 7.01. The SMILES string of the molecule is CC1Sc2c(nc(N3CCC(N)C3)n(Cc3ccccc3C#N)c2=O)C1Br. The predicted molar refractivity (Wildman–Crippen MR) is 111 cm³/mol.